The van der Waals surface area contributed by atoms with Gasteiger partial charge in [0.05, 0.1) is 6.42 Å². The van der Waals surface area contributed by atoms with Crippen LogP contribution in [0.4, 0.5) is 5.69 Å². The summed E-state index contributed by atoms with van der Waals surface area (Å²) in [6.45, 7) is 0.753. The van der Waals surface area contributed by atoms with Gasteiger partial charge in [-0.15, -0.1) is 0 Å². The van der Waals surface area contributed by atoms with Gasteiger partial charge in [0, 0.05) is 5.69 Å². The summed E-state index contributed by atoms with van der Waals surface area (Å²) in [4.78, 5) is 22.4. The van der Waals surface area contributed by atoms with Gasteiger partial charge in [-0.3, -0.25) is 9.59 Å². The largest absolute Gasteiger partial charge is 0.494 e. The maximum Gasteiger partial charge on any atom is 0.307 e. The summed E-state index contributed by atoms with van der Waals surface area (Å²) in [5.41, 5.74) is 1.12. The standard InChI is InChI=1S/C13H13NO5/c15-12(16)7-9-2-1-3-10(6-9)14-13(17)11-8-18-4-5-19-11/h1-3,6,8H,4-5,7H2,(H,14,17)(H,15,16). The maximum atomic E-state index is 11.8. The molecular formula is C13H13NO5. The molecule has 100 valence electrons. The Bertz CT molecular complexity index is 524. The molecule has 0 atom stereocenters. The Morgan fingerprint density at radius 3 is 2.84 bits per heavy atom. The molecule has 0 aliphatic carbocycles. The number of anilines is 1. The lowest BCUT2D eigenvalue weighted by Gasteiger charge is -2.15. The van der Waals surface area contributed by atoms with Crippen molar-refractivity contribution in [3.05, 3.63) is 41.9 Å². The van der Waals surface area contributed by atoms with E-state index in [1.54, 1.807) is 24.3 Å². The van der Waals surface area contributed by atoms with E-state index in [4.69, 9.17) is 14.6 Å². The molecule has 2 rings (SSSR count). The molecule has 1 amide bonds. The molecule has 1 aromatic rings. The van der Waals surface area contributed by atoms with Crippen LogP contribution in [-0.2, 0) is 25.5 Å². The summed E-state index contributed by atoms with van der Waals surface area (Å²) in [6.07, 6.45) is 1.17. The SMILES string of the molecule is O=C(O)Cc1cccc(NC(=O)C2=COCCO2)c1. The van der Waals surface area contributed by atoms with Crippen LogP contribution in [0.5, 0.6) is 0 Å². The van der Waals surface area contributed by atoms with Crippen LogP contribution in [0, 0.1) is 0 Å². The second-order valence-electron chi connectivity index (χ2n) is 3.93. The predicted molar refractivity (Wildman–Crippen MR) is 66.4 cm³/mol. The van der Waals surface area contributed by atoms with Crippen LogP contribution in [0.3, 0.4) is 0 Å². The highest BCUT2D eigenvalue weighted by atomic mass is 16.6. The summed E-state index contributed by atoms with van der Waals surface area (Å²) in [5.74, 6) is -1.24. The van der Waals surface area contributed by atoms with Crippen molar-refractivity contribution in [3.63, 3.8) is 0 Å². The number of carboxylic acid groups (broad SMARTS) is 1. The first kappa shape index (κ1) is 12.9. The lowest BCUT2D eigenvalue weighted by atomic mass is 10.1. The van der Waals surface area contributed by atoms with Crippen LogP contribution < -0.4 is 5.32 Å². The summed E-state index contributed by atoms with van der Waals surface area (Å²) in [5, 5.41) is 11.3. The van der Waals surface area contributed by atoms with Gasteiger partial charge in [0.25, 0.3) is 5.91 Å². The molecule has 0 saturated heterocycles. The molecule has 1 aliphatic rings. The molecule has 0 radical (unpaired) electrons. The Labute approximate surface area is 109 Å². The van der Waals surface area contributed by atoms with Crippen molar-refractivity contribution in [1.29, 1.82) is 0 Å². The number of carboxylic acids is 1. The van der Waals surface area contributed by atoms with Crippen LogP contribution in [0.1, 0.15) is 5.56 Å². The smallest absolute Gasteiger partial charge is 0.307 e. The summed E-state index contributed by atoms with van der Waals surface area (Å²) >= 11 is 0. The molecule has 0 aromatic heterocycles. The van der Waals surface area contributed by atoms with Gasteiger partial charge in [-0.05, 0) is 17.7 Å². The van der Waals surface area contributed by atoms with E-state index in [2.05, 4.69) is 5.32 Å². The average molecular weight is 263 g/mol. The Balaban J connectivity index is 2.04. The third-order valence-electron chi connectivity index (χ3n) is 2.41. The summed E-state index contributed by atoms with van der Waals surface area (Å²) in [7, 11) is 0. The average Bonchev–Trinajstić information content (AvgIpc) is 2.39. The highest BCUT2D eigenvalue weighted by Gasteiger charge is 2.15. The van der Waals surface area contributed by atoms with Crippen LogP contribution in [0.25, 0.3) is 0 Å². The van der Waals surface area contributed by atoms with Crippen molar-refractivity contribution in [3.8, 4) is 0 Å². The molecule has 0 bridgehead atoms. The van der Waals surface area contributed by atoms with Crippen LogP contribution in [0.15, 0.2) is 36.3 Å². The molecule has 0 fully saturated rings. The van der Waals surface area contributed by atoms with E-state index in [1.165, 1.54) is 6.26 Å². The van der Waals surface area contributed by atoms with E-state index in [-0.39, 0.29) is 12.2 Å². The number of carbonyl (C=O) groups is 2. The topological polar surface area (TPSA) is 84.9 Å². The Kier molecular flexibility index (Phi) is 4.02. The molecule has 1 aromatic carbocycles. The first-order valence-electron chi connectivity index (χ1n) is 5.72. The fourth-order valence-corrected chi connectivity index (χ4v) is 1.61. The molecule has 1 aliphatic heterocycles. The number of benzene rings is 1. The minimum absolute atomic E-state index is 0.0913. The molecule has 6 nitrogen and oxygen atoms in total. The van der Waals surface area contributed by atoms with E-state index in [0.717, 1.165) is 0 Å². The van der Waals surface area contributed by atoms with Crippen LogP contribution in [0.2, 0.25) is 0 Å². The zero-order valence-corrected chi connectivity index (χ0v) is 10.1. The number of ether oxygens (including phenoxy) is 2. The van der Waals surface area contributed by atoms with Gasteiger partial charge in [-0.2, -0.15) is 0 Å². The predicted octanol–water partition coefficient (Wildman–Crippen LogP) is 1.14. The normalized spacial score (nSPS) is 13.8. The van der Waals surface area contributed by atoms with Crippen LogP contribution in [-0.4, -0.2) is 30.2 Å². The number of amides is 1. The van der Waals surface area contributed by atoms with Gasteiger partial charge in [0.2, 0.25) is 5.76 Å². The minimum atomic E-state index is -0.921. The molecule has 19 heavy (non-hydrogen) atoms. The zero-order valence-electron chi connectivity index (χ0n) is 10.1. The van der Waals surface area contributed by atoms with E-state index in [0.29, 0.717) is 24.5 Å². The van der Waals surface area contributed by atoms with Gasteiger partial charge in [0.15, 0.2) is 0 Å². The van der Waals surface area contributed by atoms with Gasteiger partial charge in [-0.25, -0.2) is 0 Å². The Morgan fingerprint density at radius 1 is 1.32 bits per heavy atom. The quantitative estimate of drug-likeness (QED) is 0.850. The number of nitrogens with one attached hydrogen (secondary N) is 1. The number of rotatable bonds is 4. The van der Waals surface area contributed by atoms with Gasteiger partial charge in [-0.1, -0.05) is 12.1 Å². The number of hydrogen-bond acceptors (Lipinski definition) is 4. The van der Waals surface area contributed by atoms with Gasteiger partial charge >= 0.3 is 5.97 Å². The number of aliphatic carboxylic acids is 1. The Hall–Kier alpha value is -2.50. The van der Waals surface area contributed by atoms with Crippen molar-refractivity contribution in [2.24, 2.45) is 0 Å². The second kappa shape index (κ2) is 5.90. The van der Waals surface area contributed by atoms with Crippen LogP contribution >= 0.6 is 0 Å². The van der Waals surface area contributed by atoms with E-state index in [1.807, 2.05) is 0 Å². The maximum absolute atomic E-state index is 11.8. The highest BCUT2D eigenvalue weighted by molar-refractivity contribution is 6.02. The fourth-order valence-electron chi connectivity index (χ4n) is 1.61. The zero-order chi connectivity index (χ0) is 13.7. The highest BCUT2D eigenvalue weighted by Crippen LogP contribution is 2.14. The molecule has 1 heterocycles. The lowest BCUT2D eigenvalue weighted by molar-refractivity contribution is -0.136. The van der Waals surface area contributed by atoms with Crippen molar-refractivity contribution >= 4 is 17.6 Å². The molecule has 0 unspecified atom stereocenters. The van der Waals surface area contributed by atoms with Gasteiger partial charge < -0.3 is 19.9 Å². The molecule has 0 spiro atoms. The monoisotopic (exact) mass is 263 g/mol. The second-order valence-corrected chi connectivity index (χ2v) is 3.93. The summed E-state index contributed by atoms with van der Waals surface area (Å²) < 4.78 is 10.1. The first-order valence-corrected chi connectivity index (χ1v) is 5.72. The first-order chi connectivity index (χ1) is 9.15. The van der Waals surface area contributed by atoms with E-state index in [9.17, 15) is 9.59 Å². The number of hydrogen-bond donors (Lipinski definition) is 2. The third kappa shape index (κ3) is 3.74. The molecule has 6 heteroatoms. The lowest BCUT2D eigenvalue weighted by Crippen LogP contribution is -2.21. The molecule has 2 N–H and O–H groups in total. The van der Waals surface area contributed by atoms with E-state index < -0.39 is 11.9 Å². The molecular weight excluding hydrogens is 250 g/mol. The minimum Gasteiger partial charge on any atom is -0.494 e. The van der Waals surface area contributed by atoms with E-state index >= 15 is 0 Å². The van der Waals surface area contributed by atoms with Crippen molar-refractivity contribution in [2.45, 2.75) is 6.42 Å². The van der Waals surface area contributed by atoms with Crippen molar-refractivity contribution < 1.29 is 24.2 Å². The van der Waals surface area contributed by atoms with Gasteiger partial charge in [0.1, 0.15) is 19.5 Å². The third-order valence-corrected chi connectivity index (χ3v) is 2.41. The fraction of sp³-hybridized carbons (Fsp3) is 0.231. The Morgan fingerprint density at radius 2 is 2.16 bits per heavy atom. The molecule has 0 saturated carbocycles. The van der Waals surface area contributed by atoms with Crippen molar-refractivity contribution in [1.82, 2.24) is 0 Å². The number of carbonyl (C=O) groups excluding carboxylic acids is 1. The van der Waals surface area contributed by atoms with Crippen molar-refractivity contribution in [2.75, 3.05) is 18.5 Å². The summed E-state index contributed by atoms with van der Waals surface area (Å²) in [6, 6.07) is 6.65.